The monoisotopic (exact) mass is 338 g/mol. The number of rotatable bonds is 4. The van der Waals surface area contributed by atoms with E-state index in [0.717, 1.165) is 19.6 Å². The van der Waals surface area contributed by atoms with Crippen molar-refractivity contribution in [3.8, 4) is 0 Å². The molecule has 20 heavy (non-hydrogen) atoms. The molecule has 2 rings (SSSR count). The zero-order valence-corrected chi connectivity index (χ0v) is 14.5. The lowest BCUT2D eigenvalue weighted by atomic mass is 9.92. The SMILES string of the molecule is CCC1(CC)CN(Cc2ccccc2Br)C(C)CCN1. The molecular formula is C17H27BrN2. The van der Waals surface area contributed by atoms with Crippen molar-refractivity contribution >= 4 is 15.9 Å². The number of benzene rings is 1. The molecule has 1 aromatic carbocycles. The summed E-state index contributed by atoms with van der Waals surface area (Å²) in [5.41, 5.74) is 1.67. The van der Waals surface area contributed by atoms with Gasteiger partial charge in [0, 0.05) is 29.1 Å². The molecule has 0 spiro atoms. The lowest BCUT2D eigenvalue weighted by Gasteiger charge is -2.37. The summed E-state index contributed by atoms with van der Waals surface area (Å²) < 4.78 is 1.23. The lowest BCUT2D eigenvalue weighted by molar-refractivity contribution is 0.152. The minimum absolute atomic E-state index is 0.284. The highest BCUT2D eigenvalue weighted by Gasteiger charge is 2.32. The smallest absolute Gasteiger partial charge is 0.0303 e. The number of hydrogen-bond donors (Lipinski definition) is 1. The molecule has 2 nitrogen and oxygen atoms in total. The van der Waals surface area contributed by atoms with Crippen LogP contribution in [-0.4, -0.2) is 29.6 Å². The van der Waals surface area contributed by atoms with Crippen LogP contribution < -0.4 is 5.32 Å². The van der Waals surface area contributed by atoms with Crippen LogP contribution in [0, 0.1) is 0 Å². The van der Waals surface area contributed by atoms with E-state index in [1.807, 2.05) is 0 Å². The van der Waals surface area contributed by atoms with Gasteiger partial charge in [-0.15, -0.1) is 0 Å². The number of halogens is 1. The predicted molar refractivity (Wildman–Crippen MR) is 89.9 cm³/mol. The molecule has 1 N–H and O–H groups in total. The highest BCUT2D eigenvalue weighted by Crippen LogP contribution is 2.26. The zero-order chi connectivity index (χ0) is 14.6. The Morgan fingerprint density at radius 3 is 2.65 bits per heavy atom. The summed E-state index contributed by atoms with van der Waals surface area (Å²) in [6, 6.07) is 9.23. The quantitative estimate of drug-likeness (QED) is 0.885. The summed E-state index contributed by atoms with van der Waals surface area (Å²) in [6.45, 7) is 10.3. The predicted octanol–water partition coefficient (Wildman–Crippen LogP) is 4.19. The van der Waals surface area contributed by atoms with Crippen LogP contribution in [0.2, 0.25) is 0 Å². The third kappa shape index (κ3) is 3.63. The van der Waals surface area contributed by atoms with Crippen molar-refractivity contribution in [3.63, 3.8) is 0 Å². The second-order valence-electron chi connectivity index (χ2n) is 6.05. The Labute approximate surface area is 132 Å². The van der Waals surface area contributed by atoms with E-state index < -0.39 is 0 Å². The second kappa shape index (κ2) is 7.06. The van der Waals surface area contributed by atoms with Gasteiger partial charge in [0.05, 0.1) is 0 Å². The van der Waals surface area contributed by atoms with Crippen LogP contribution >= 0.6 is 15.9 Å². The van der Waals surface area contributed by atoms with Crippen molar-refractivity contribution in [2.75, 3.05) is 13.1 Å². The maximum atomic E-state index is 3.80. The summed E-state index contributed by atoms with van der Waals surface area (Å²) in [5, 5.41) is 3.80. The highest BCUT2D eigenvalue weighted by molar-refractivity contribution is 9.10. The molecule has 1 unspecified atom stereocenters. The van der Waals surface area contributed by atoms with Crippen molar-refractivity contribution in [1.29, 1.82) is 0 Å². The second-order valence-corrected chi connectivity index (χ2v) is 6.90. The minimum Gasteiger partial charge on any atom is -0.310 e. The van der Waals surface area contributed by atoms with E-state index in [0.29, 0.717) is 6.04 Å². The Hall–Kier alpha value is -0.380. The van der Waals surface area contributed by atoms with Gasteiger partial charge in [-0.05, 0) is 44.4 Å². The van der Waals surface area contributed by atoms with Gasteiger partial charge < -0.3 is 5.32 Å². The molecule has 0 aromatic heterocycles. The van der Waals surface area contributed by atoms with Gasteiger partial charge in [-0.2, -0.15) is 0 Å². The molecular weight excluding hydrogens is 312 g/mol. The summed E-state index contributed by atoms with van der Waals surface area (Å²) in [4.78, 5) is 2.65. The third-order valence-electron chi connectivity index (χ3n) is 4.88. The van der Waals surface area contributed by atoms with Gasteiger partial charge in [0.15, 0.2) is 0 Å². The topological polar surface area (TPSA) is 15.3 Å². The Bertz CT molecular complexity index is 429. The average Bonchev–Trinajstić information content (AvgIpc) is 2.62. The standard InChI is InChI=1S/C17H27BrN2/c1-4-17(5-2)13-20(14(3)10-11-19-17)12-15-8-6-7-9-16(15)18/h6-9,14,19H,4-5,10-13H2,1-3H3. The molecule has 0 saturated carbocycles. The van der Waals surface area contributed by atoms with Gasteiger partial charge in [-0.25, -0.2) is 0 Å². The van der Waals surface area contributed by atoms with Crippen LogP contribution in [0.3, 0.4) is 0 Å². The Balaban J connectivity index is 2.17. The summed E-state index contributed by atoms with van der Waals surface area (Å²) >= 11 is 3.68. The van der Waals surface area contributed by atoms with Gasteiger partial charge in [-0.3, -0.25) is 4.90 Å². The van der Waals surface area contributed by atoms with E-state index >= 15 is 0 Å². The summed E-state index contributed by atoms with van der Waals surface area (Å²) in [6.07, 6.45) is 3.62. The number of nitrogens with zero attached hydrogens (tertiary/aromatic N) is 1. The van der Waals surface area contributed by atoms with E-state index in [1.165, 1.54) is 29.3 Å². The molecule has 0 amide bonds. The fraction of sp³-hybridized carbons (Fsp3) is 0.647. The molecule has 1 aromatic rings. The number of nitrogens with one attached hydrogen (secondary N) is 1. The molecule has 1 saturated heterocycles. The van der Waals surface area contributed by atoms with Crippen molar-refractivity contribution < 1.29 is 0 Å². The summed E-state index contributed by atoms with van der Waals surface area (Å²) in [7, 11) is 0. The van der Waals surface area contributed by atoms with Crippen LogP contribution in [0.5, 0.6) is 0 Å². The first-order valence-electron chi connectivity index (χ1n) is 7.82. The maximum Gasteiger partial charge on any atom is 0.0303 e. The molecule has 1 aliphatic rings. The van der Waals surface area contributed by atoms with Crippen molar-refractivity contribution in [3.05, 3.63) is 34.3 Å². The molecule has 1 fully saturated rings. The molecule has 112 valence electrons. The van der Waals surface area contributed by atoms with Gasteiger partial charge in [0.2, 0.25) is 0 Å². The molecule has 3 heteroatoms. The number of hydrogen-bond acceptors (Lipinski definition) is 2. The van der Waals surface area contributed by atoms with Gasteiger partial charge in [0.25, 0.3) is 0 Å². The normalized spacial score (nSPS) is 23.5. The van der Waals surface area contributed by atoms with E-state index in [4.69, 9.17) is 0 Å². The van der Waals surface area contributed by atoms with Crippen LogP contribution in [0.4, 0.5) is 0 Å². The van der Waals surface area contributed by atoms with E-state index in [2.05, 4.69) is 71.2 Å². The first-order chi connectivity index (χ1) is 9.60. The fourth-order valence-electron chi connectivity index (χ4n) is 3.11. The average molecular weight is 339 g/mol. The Morgan fingerprint density at radius 2 is 2.00 bits per heavy atom. The Kier molecular flexibility index (Phi) is 5.65. The molecule has 0 aliphatic carbocycles. The molecule has 1 heterocycles. The van der Waals surface area contributed by atoms with E-state index in [-0.39, 0.29) is 5.54 Å². The van der Waals surface area contributed by atoms with Gasteiger partial charge in [0.1, 0.15) is 0 Å². The van der Waals surface area contributed by atoms with Gasteiger partial charge >= 0.3 is 0 Å². The Morgan fingerprint density at radius 1 is 1.30 bits per heavy atom. The first kappa shape index (κ1) is 16.0. The minimum atomic E-state index is 0.284. The van der Waals surface area contributed by atoms with Crippen LogP contribution in [0.25, 0.3) is 0 Å². The molecule has 1 atom stereocenters. The largest absolute Gasteiger partial charge is 0.310 e. The zero-order valence-electron chi connectivity index (χ0n) is 13.0. The fourth-order valence-corrected chi connectivity index (χ4v) is 3.52. The van der Waals surface area contributed by atoms with Crippen molar-refractivity contribution in [1.82, 2.24) is 10.2 Å². The van der Waals surface area contributed by atoms with Crippen LogP contribution in [0.15, 0.2) is 28.7 Å². The van der Waals surface area contributed by atoms with E-state index in [1.54, 1.807) is 0 Å². The first-order valence-corrected chi connectivity index (χ1v) is 8.62. The van der Waals surface area contributed by atoms with Crippen LogP contribution in [0.1, 0.15) is 45.6 Å². The summed E-state index contributed by atoms with van der Waals surface area (Å²) in [5.74, 6) is 0. The maximum absolute atomic E-state index is 3.80. The molecule has 0 bridgehead atoms. The molecule has 1 aliphatic heterocycles. The molecule has 0 radical (unpaired) electrons. The van der Waals surface area contributed by atoms with Gasteiger partial charge in [-0.1, -0.05) is 48.0 Å². The lowest BCUT2D eigenvalue weighted by Crippen LogP contribution is -2.51. The third-order valence-corrected chi connectivity index (χ3v) is 5.65. The highest BCUT2D eigenvalue weighted by atomic mass is 79.9. The van der Waals surface area contributed by atoms with Crippen molar-refractivity contribution in [2.45, 2.75) is 58.2 Å². The van der Waals surface area contributed by atoms with Crippen molar-refractivity contribution in [2.24, 2.45) is 0 Å². The van der Waals surface area contributed by atoms with Crippen LogP contribution in [-0.2, 0) is 6.54 Å². The van der Waals surface area contributed by atoms with E-state index in [9.17, 15) is 0 Å².